The summed E-state index contributed by atoms with van der Waals surface area (Å²) in [6.45, 7) is 0. The van der Waals surface area contributed by atoms with Crippen LogP contribution in [0.2, 0.25) is 5.02 Å². The summed E-state index contributed by atoms with van der Waals surface area (Å²) in [5.41, 5.74) is -0.369. The van der Waals surface area contributed by atoms with E-state index in [0.29, 0.717) is 0 Å². The minimum Gasteiger partial charge on any atom is -0.218 e. The highest BCUT2D eigenvalue weighted by molar-refractivity contribution is 7.88. The van der Waals surface area contributed by atoms with Gasteiger partial charge in [0.1, 0.15) is 11.6 Å². The van der Waals surface area contributed by atoms with Crippen LogP contribution < -0.4 is 4.72 Å². The summed E-state index contributed by atoms with van der Waals surface area (Å²) in [7, 11) is -2.49. The lowest BCUT2D eigenvalue weighted by Crippen LogP contribution is -2.21. The molecule has 84 valence electrons. The fourth-order valence-electron chi connectivity index (χ4n) is 0.964. The van der Waals surface area contributed by atoms with Crippen LogP contribution in [0.15, 0.2) is 12.1 Å². The Morgan fingerprint density at radius 1 is 1.33 bits per heavy atom. The first-order chi connectivity index (χ1) is 6.87. The standard InChI is InChI=1S/C8H8ClF2NO2S/c1-12-15(13,14)4-5-6(10)2-3-7(11)8(5)9/h2-3,12H,4H2,1H3. The highest BCUT2D eigenvalue weighted by Gasteiger charge is 2.18. The zero-order valence-corrected chi connectivity index (χ0v) is 9.29. The normalized spacial score (nSPS) is 11.7. The van der Waals surface area contributed by atoms with Crippen molar-refractivity contribution >= 4 is 21.6 Å². The molecule has 0 amide bonds. The van der Waals surface area contributed by atoms with Gasteiger partial charge in [0, 0.05) is 5.56 Å². The Morgan fingerprint density at radius 3 is 2.40 bits per heavy atom. The second-order valence-corrected chi connectivity index (χ2v) is 5.09. The lowest BCUT2D eigenvalue weighted by molar-refractivity contribution is 0.574. The molecule has 0 aromatic heterocycles. The second-order valence-electron chi connectivity index (χ2n) is 2.78. The Balaban J connectivity index is 3.21. The van der Waals surface area contributed by atoms with Gasteiger partial charge in [0.15, 0.2) is 0 Å². The number of sulfonamides is 1. The van der Waals surface area contributed by atoms with Gasteiger partial charge in [-0.25, -0.2) is 21.9 Å². The molecular formula is C8H8ClF2NO2S. The smallest absolute Gasteiger partial charge is 0.215 e. The maximum atomic E-state index is 13.2. The zero-order valence-electron chi connectivity index (χ0n) is 7.72. The molecule has 0 bridgehead atoms. The monoisotopic (exact) mass is 255 g/mol. The fourth-order valence-corrected chi connectivity index (χ4v) is 2.07. The van der Waals surface area contributed by atoms with Crippen molar-refractivity contribution in [1.82, 2.24) is 4.72 Å². The van der Waals surface area contributed by atoms with Crippen LogP contribution in [0.1, 0.15) is 5.56 Å². The Hall–Kier alpha value is -0.720. The molecule has 1 aromatic rings. The summed E-state index contributed by atoms with van der Waals surface area (Å²) in [4.78, 5) is 0. The third kappa shape index (κ3) is 2.87. The summed E-state index contributed by atoms with van der Waals surface area (Å²) in [5, 5.41) is -0.506. The van der Waals surface area contributed by atoms with Gasteiger partial charge in [0.25, 0.3) is 0 Å². The van der Waals surface area contributed by atoms with Crippen molar-refractivity contribution in [3.63, 3.8) is 0 Å². The largest absolute Gasteiger partial charge is 0.218 e. The van der Waals surface area contributed by atoms with E-state index in [1.165, 1.54) is 7.05 Å². The van der Waals surface area contributed by atoms with Crippen molar-refractivity contribution in [3.05, 3.63) is 34.4 Å². The molecule has 0 spiro atoms. The topological polar surface area (TPSA) is 46.2 Å². The molecule has 0 heterocycles. The summed E-state index contributed by atoms with van der Waals surface area (Å²) in [6.07, 6.45) is 0. The van der Waals surface area contributed by atoms with Crippen molar-refractivity contribution in [1.29, 1.82) is 0 Å². The first-order valence-corrected chi connectivity index (χ1v) is 5.94. The maximum Gasteiger partial charge on any atom is 0.215 e. The van der Waals surface area contributed by atoms with Gasteiger partial charge in [-0.2, -0.15) is 0 Å². The van der Waals surface area contributed by atoms with Gasteiger partial charge in [0.05, 0.1) is 10.8 Å². The van der Waals surface area contributed by atoms with Crippen molar-refractivity contribution in [2.75, 3.05) is 7.05 Å². The average molecular weight is 256 g/mol. The summed E-state index contributed by atoms with van der Waals surface area (Å²) >= 11 is 5.45. The first kappa shape index (κ1) is 12.4. The van der Waals surface area contributed by atoms with Crippen molar-refractivity contribution < 1.29 is 17.2 Å². The van der Waals surface area contributed by atoms with Crippen LogP contribution in [-0.4, -0.2) is 15.5 Å². The SMILES string of the molecule is CNS(=O)(=O)Cc1c(F)ccc(F)c1Cl. The molecule has 1 N–H and O–H groups in total. The number of benzene rings is 1. The number of rotatable bonds is 3. The van der Waals surface area contributed by atoms with Gasteiger partial charge >= 0.3 is 0 Å². The van der Waals surface area contributed by atoms with Crippen LogP contribution in [-0.2, 0) is 15.8 Å². The fraction of sp³-hybridized carbons (Fsp3) is 0.250. The van der Waals surface area contributed by atoms with E-state index in [1.54, 1.807) is 0 Å². The molecule has 0 atom stereocenters. The molecular weight excluding hydrogens is 248 g/mol. The van der Waals surface area contributed by atoms with E-state index in [2.05, 4.69) is 0 Å². The Kier molecular flexibility index (Phi) is 3.64. The van der Waals surface area contributed by atoms with E-state index in [-0.39, 0.29) is 5.56 Å². The van der Waals surface area contributed by atoms with Gasteiger partial charge < -0.3 is 0 Å². The first-order valence-electron chi connectivity index (χ1n) is 3.91. The molecule has 1 rings (SSSR count). The molecule has 0 saturated carbocycles. The Bertz CT molecular complexity index is 476. The van der Waals surface area contributed by atoms with Crippen molar-refractivity contribution in [2.45, 2.75) is 5.75 Å². The molecule has 0 unspecified atom stereocenters. The quantitative estimate of drug-likeness (QED) is 0.835. The number of nitrogens with one attached hydrogen (secondary N) is 1. The third-order valence-electron chi connectivity index (χ3n) is 1.78. The predicted octanol–water partition coefficient (Wildman–Crippen LogP) is 1.67. The second kappa shape index (κ2) is 4.42. The number of halogens is 3. The molecule has 0 radical (unpaired) electrons. The number of hydrogen-bond acceptors (Lipinski definition) is 2. The molecule has 0 fully saturated rings. The van der Waals surface area contributed by atoms with E-state index < -0.39 is 32.4 Å². The Labute approximate surface area is 91.1 Å². The zero-order chi connectivity index (χ0) is 11.6. The van der Waals surface area contributed by atoms with Crippen LogP contribution in [0.25, 0.3) is 0 Å². The minimum absolute atomic E-state index is 0.369. The van der Waals surface area contributed by atoms with Crippen molar-refractivity contribution in [2.24, 2.45) is 0 Å². The van der Waals surface area contributed by atoms with Crippen LogP contribution >= 0.6 is 11.6 Å². The Morgan fingerprint density at radius 2 is 1.87 bits per heavy atom. The van der Waals surface area contributed by atoms with Gasteiger partial charge in [0.2, 0.25) is 10.0 Å². The van der Waals surface area contributed by atoms with Crippen molar-refractivity contribution in [3.8, 4) is 0 Å². The molecule has 0 aliphatic carbocycles. The van der Waals surface area contributed by atoms with E-state index in [9.17, 15) is 17.2 Å². The van der Waals surface area contributed by atoms with E-state index in [0.717, 1.165) is 12.1 Å². The molecule has 3 nitrogen and oxygen atoms in total. The molecule has 0 aliphatic heterocycles. The molecule has 15 heavy (non-hydrogen) atoms. The summed E-state index contributed by atoms with van der Waals surface area (Å²) in [5.74, 6) is -2.38. The highest BCUT2D eigenvalue weighted by atomic mass is 35.5. The van der Waals surface area contributed by atoms with Crippen LogP contribution in [0.4, 0.5) is 8.78 Å². The van der Waals surface area contributed by atoms with E-state index in [1.807, 2.05) is 4.72 Å². The molecule has 7 heteroatoms. The van der Waals surface area contributed by atoms with Crippen LogP contribution in [0.5, 0.6) is 0 Å². The highest BCUT2D eigenvalue weighted by Crippen LogP contribution is 2.24. The van der Waals surface area contributed by atoms with E-state index >= 15 is 0 Å². The van der Waals surface area contributed by atoms with Gasteiger partial charge in [-0.1, -0.05) is 11.6 Å². The number of hydrogen-bond donors (Lipinski definition) is 1. The molecule has 1 aromatic carbocycles. The van der Waals surface area contributed by atoms with E-state index in [4.69, 9.17) is 11.6 Å². The third-order valence-corrected chi connectivity index (χ3v) is 3.48. The maximum absolute atomic E-state index is 13.2. The lowest BCUT2D eigenvalue weighted by atomic mass is 10.2. The summed E-state index contributed by atoms with van der Waals surface area (Å²) < 4.78 is 50.3. The van der Waals surface area contributed by atoms with Crippen LogP contribution in [0.3, 0.4) is 0 Å². The molecule has 0 aliphatic rings. The minimum atomic E-state index is -3.68. The average Bonchev–Trinajstić information content (AvgIpc) is 2.19. The lowest BCUT2D eigenvalue weighted by Gasteiger charge is -2.06. The van der Waals surface area contributed by atoms with Gasteiger partial charge in [-0.15, -0.1) is 0 Å². The van der Waals surface area contributed by atoms with Gasteiger partial charge in [-0.05, 0) is 19.2 Å². The van der Waals surface area contributed by atoms with Crippen LogP contribution in [0, 0.1) is 11.6 Å². The molecule has 0 saturated heterocycles. The predicted molar refractivity (Wildman–Crippen MR) is 53.1 cm³/mol. The summed E-state index contributed by atoms with van der Waals surface area (Å²) in [6, 6.07) is 1.68. The van der Waals surface area contributed by atoms with Gasteiger partial charge in [-0.3, -0.25) is 0 Å².